The second-order valence-corrected chi connectivity index (χ2v) is 23.1. The van der Waals surface area contributed by atoms with Crippen LogP contribution in [0.4, 0.5) is 0 Å². The molecule has 0 rings (SSSR count). The molecule has 0 aliphatic rings. The fraction of sp³-hybridized carbons (Fsp3) is 0.857. The lowest BCUT2D eigenvalue weighted by Gasteiger charge is -2.20. The van der Waals surface area contributed by atoms with E-state index in [0.717, 1.165) is 51.4 Å². The molecule has 0 aliphatic heterocycles. The third-order valence-electron chi connectivity index (χ3n) is 15.6. The number of hydrogen-bond acceptors (Lipinski definition) is 5. The molecular formula is C70H131NO5. The SMILES string of the molecule is CCCCCC/C=C\C/C=C\CCCCCCCC(=O)OCCCCCCCCCCCCCC/C=C\CCCCCCCCCCCCCCCCCC(=O)NC(CO)C(O)/C=C/CCCCCCCCCCCC. The topological polar surface area (TPSA) is 95.9 Å². The maximum Gasteiger partial charge on any atom is 0.305 e. The number of carbonyl (C=O) groups excluding carboxylic acids is 2. The summed E-state index contributed by atoms with van der Waals surface area (Å²) in [7, 11) is 0. The molecule has 0 heterocycles. The zero-order chi connectivity index (χ0) is 55.0. The summed E-state index contributed by atoms with van der Waals surface area (Å²) < 4.78 is 5.49. The smallest absolute Gasteiger partial charge is 0.305 e. The average Bonchev–Trinajstić information content (AvgIpc) is 3.42. The second kappa shape index (κ2) is 65.3. The summed E-state index contributed by atoms with van der Waals surface area (Å²) in [4.78, 5) is 24.5. The van der Waals surface area contributed by atoms with Crippen molar-refractivity contribution in [2.45, 2.75) is 373 Å². The predicted octanol–water partition coefficient (Wildman–Crippen LogP) is 21.7. The first-order valence-corrected chi connectivity index (χ1v) is 33.9. The number of esters is 1. The van der Waals surface area contributed by atoms with Gasteiger partial charge in [-0.25, -0.2) is 0 Å². The number of aliphatic hydroxyl groups is 2. The molecule has 0 fully saturated rings. The first kappa shape index (κ1) is 73.8. The maximum atomic E-state index is 12.4. The van der Waals surface area contributed by atoms with E-state index in [1.165, 1.54) is 283 Å². The lowest BCUT2D eigenvalue weighted by Crippen LogP contribution is -2.45. The van der Waals surface area contributed by atoms with E-state index in [1.807, 2.05) is 6.08 Å². The van der Waals surface area contributed by atoms with Gasteiger partial charge in [0.1, 0.15) is 0 Å². The van der Waals surface area contributed by atoms with E-state index in [4.69, 9.17) is 4.74 Å². The van der Waals surface area contributed by atoms with Crippen molar-refractivity contribution >= 4 is 11.9 Å². The van der Waals surface area contributed by atoms with Crippen LogP contribution in [0.15, 0.2) is 48.6 Å². The lowest BCUT2D eigenvalue weighted by molar-refractivity contribution is -0.143. The molecule has 0 aromatic carbocycles. The van der Waals surface area contributed by atoms with Gasteiger partial charge >= 0.3 is 5.97 Å². The molecule has 0 bridgehead atoms. The Morgan fingerprint density at radius 2 is 0.658 bits per heavy atom. The van der Waals surface area contributed by atoms with Gasteiger partial charge in [-0.1, -0.05) is 306 Å². The number of rotatable bonds is 63. The molecule has 76 heavy (non-hydrogen) atoms. The van der Waals surface area contributed by atoms with Crippen LogP contribution in [0.2, 0.25) is 0 Å². The van der Waals surface area contributed by atoms with Crippen molar-refractivity contribution in [3.05, 3.63) is 48.6 Å². The molecule has 6 heteroatoms. The van der Waals surface area contributed by atoms with Crippen LogP contribution in [0.5, 0.6) is 0 Å². The first-order valence-electron chi connectivity index (χ1n) is 33.9. The Morgan fingerprint density at radius 3 is 1.03 bits per heavy atom. The van der Waals surface area contributed by atoms with Crippen molar-refractivity contribution in [2.75, 3.05) is 13.2 Å². The Morgan fingerprint density at radius 1 is 0.368 bits per heavy atom. The molecule has 2 unspecified atom stereocenters. The highest BCUT2D eigenvalue weighted by Crippen LogP contribution is 2.17. The van der Waals surface area contributed by atoms with Crippen molar-refractivity contribution in [2.24, 2.45) is 0 Å². The van der Waals surface area contributed by atoms with Crippen molar-refractivity contribution in [3.63, 3.8) is 0 Å². The van der Waals surface area contributed by atoms with Gasteiger partial charge in [0.15, 0.2) is 0 Å². The van der Waals surface area contributed by atoms with Gasteiger partial charge in [0.25, 0.3) is 0 Å². The van der Waals surface area contributed by atoms with Gasteiger partial charge in [0.2, 0.25) is 5.91 Å². The van der Waals surface area contributed by atoms with Gasteiger partial charge in [-0.05, 0) is 89.9 Å². The highest BCUT2D eigenvalue weighted by Gasteiger charge is 2.18. The van der Waals surface area contributed by atoms with Crippen molar-refractivity contribution in [3.8, 4) is 0 Å². The summed E-state index contributed by atoms with van der Waals surface area (Å²) in [5, 5.41) is 23.1. The van der Waals surface area contributed by atoms with Crippen LogP contribution in [0.3, 0.4) is 0 Å². The Hall–Kier alpha value is -2.18. The fourth-order valence-corrected chi connectivity index (χ4v) is 10.4. The highest BCUT2D eigenvalue weighted by molar-refractivity contribution is 5.76. The molecule has 6 nitrogen and oxygen atoms in total. The first-order chi connectivity index (χ1) is 37.5. The Kier molecular flexibility index (Phi) is 63.5. The minimum absolute atomic E-state index is 0.00376. The number of allylic oxidation sites excluding steroid dienone is 7. The average molecular weight is 1070 g/mol. The third kappa shape index (κ3) is 61.0. The molecule has 0 aliphatic carbocycles. The Bertz CT molecular complexity index is 1270. The molecule has 446 valence electrons. The summed E-state index contributed by atoms with van der Waals surface area (Å²) in [6.45, 7) is 4.89. The van der Waals surface area contributed by atoms with E-state index in [2.05, 4.69) is 55.6 Å². The summed E-state index contributed by atoms with van der Waals surface area (Å²) in [6, 6.07) is -0.626. The van der Waals surface area contributed by atoms with Gasteiger partial charge in [0, 0.05) is 12.8 Å². The van der Waals surface area contributed by atoms with E-state index < -0.39 is 12.1 Å². The lowest BCUT2D eigenvalue weighted by atomic mass is 10.0. The molecule has 2 atom stereocenters. The monoisotopic (exact) mass is 1070 g/mol. The van der Waals surface area contributed by atoms with Gasteiger partial charge < -0.3 is 20.3 Å². The van der Waals surface area contributed by atoms with Crippen molar-refractivity contribution in [1.29, 1.82) is 0 Å². The normalized spacial score (nSPS) is 12.8. The minimum atomic E-state index is -0.842. The fourth-order valence-electron chi connectivity index (χ4n) is 10.4. The number of unbranched alkanes of at least 4 members (excludes halogenated alkanes) is 46. The van der Waals surface area contributed by atoms with Gasteiger partial charge in [0.05, 0.1) is 25.4 Å². The number of aliphatic hydroxyl groups excluding tert-OH is 2. The number of carbonyl (C=O) groups is 2. The van der Waals surface area contributed by atoms with Crippen molar-refractivity contribution in [1.82, 2.24) is 5.32 Å². The molecule has 0 radical (unpaired) electrons. The van der Waals surface area contributed by atoms with Crippen LogP contribution in [-0.4, -0.2) is 47.4 Å². The molecule has 0 aromatic rings. The number of amides is 1. The molecule has 0 saturated heterocycles. The van der Waals surface area contributed by atoms with E-state index in [1.54, 1.807) is 6.08 Å². The highest BCUT2D eigenvalue weighted by atomic mass is 16.5. The number of ether oxygens (including phenoxy) is 1. The van der Waals surface area contributed by atoms with Crippen LogP contribution in [0.1, 0.15) is 361 Å². The van der Waals surface area contributed by atoms with E-state index in [0.29, 0.717) is 19.4 Å². The van der Waals surface area contributed by atoms with Gasteiger partial charge in [-0.15, -0.1) is 0 Å². The molecule has 0 aromatic heterocycles. The number of nitrogens with one attached hydrogen (secondary N) is 1. The summed E-state index contributed by atoms with van der Waals surface area (Å²) in [5.74, 6) is -0.0621. The largest absolute Gasteiger partial charge is 0.466 e. The second-order valence-electron chi connectivity index (χ2n) is 23.1. The van der Waals surface area contributed by atoms with Gasteiger partial charge in [-0.2, -0.15) is 0 Å². The van der Waals surface area contributed by atoms with Crippen LogP contribution < -0.4 is 5.32 Å². The molecular weight excluding hydrogens is 935 g/mol. The summed E-state index contributed by atoms with van der Waals surface area (Å²) >= 11 is 0. The molecule has 1 amide bonds. The summed E-state index contributed by atoms with van der Waals surface area (Å²) in [5.41, 5.74) is 0. The number of hydrogen-bond donors (Lipinski definition) is 3. The zero-order valence-corrected chi connectivity index (χ0v) is 51.0. The maximum absolute atomic E-state index is 12.4. The standard InChI is InChI=1S/C70H131NO5/c1-3-5-7-9-11-13-15-17-18-37-40-44-48-52-56-60-64-70(75)76-65-61-57-53-49-45-41-38-35-33-31-29-27-25-23-21-19-20-22-24-26-28-30-32-34-36-39-43-47-51-55-59-63-69(74)71-67(66-72)68(73)62-58-54-50-46-42-16-14-12-10-8-6-4-2/h13,15,18,21,23,37,58,62,67-68,72-73H,3-12,14,16-17,19-20,22,24-36,38-57,59-61,63-66H2,1-2H3,(H,71,74)/b15-13-,23-21-,37-18-,62-58+. The van der Waals surface area contributed by atoms with E-state index in [9.17, 15) is 19.8 Å². The van der Waals surface area contributed by atoms with Crippen LogP contribution >= 0.6 is 0 Å². The zero-order valence-electron chi connectivity index (χ0n) is 51.0. The van der Waals surface area contributed by atoms with E-state index >= 15 is 0 Å². The quantitative estimate of drug-likeness (QED) is 0.0320. The van der Waals surface area contributed by atoms with Crippen molar-refractivity contribution < 1.29 is 24.5 Å². The molecule has 0 saturated carbocycles. The summed E-state index contributed by atoms with van der Waals surface area (Å²) in [6.07, 6.45) is 84.7. The minimum Gasteiger partial charge on any atom is -0.466 e. The Labute approximate surface area is 474 Å². The van der Waals surface area contributed by atoms with Gasteiger partial charge in [-0.3, -0.25) is 9.59 Å². The van der Waals surface area contributed by atoms with E-state index in [-0.39, 0.29) is 18.5 Å². The predicted molar refractivity (Wildman–Crippen MR) is 333 cm³/mol. The van der Waals surface area contributed by atoms with Crippen LogP contribution in [-0.2, 0) is 14.3 Å². The Balaban J connectivity index is 3.37. The van der Waals surface area contributed by atoms with Crippen LogP contribution in [0.25, 0.3) is 0 Å². The third-order valence-corrected chi connectivity index (χ3v) is 15.6. The van der Waals surface area contributed by atoms with Crippen LogP contribution in [0, 0.1) is 0 Å². The molecule has 3 N–H and O–H groups in total. The molecule has 0 spiro atoms.